The summed E-state index contributed by atoms with van der Waals surface area (Å²) in [6, 6.07) is 15.9. The second-order valence-corrected chi connectivity index (χ2v) is 13.0. The third-order valence-corrected chi connectivity index (χ3v) is 8.62. The molecule has 0 spiro atoms. The van der Waals surface area contributed by atoms with Gasteiger partial charge in [-0.15, -0.1) is 0 Å². The first kappa shape index (κ1) is 37.5. The molecule has 3 atom stereocenters. The van der Waals surface area contributed by atoms with E-state index in [4.69, 9.17) is 0 Å². The molecule has 3 rings (SSSR count). The lowest BCUT2D eigenvalue weighted by molar-refractivity contribution is -0.128. The number of hydrogen-bond donors (Lipinski definition) is 5. The maximum absolute atomic E-state index is 13.9. The summed E-state index contributed by atoms with van der Waals surface area (Å²) in [6.45, 7) is 12.7. The maximum atomic E-state index is 13.9. The molecule has 2 aromatic carbocycles. The average Bonchev–Trinajstić information content (AvgIpc) is 3.91. The normalized spacial score (nSPS) is 15.2. The van der Waals surface area contributed by atoms with Crippen LogP contribution < -0.4 is 26.6 Å². The molecule has 256 valence electrons. The van der Waals surface area contributed by atoms with Crippen molar-refractivity contribution >= 4 is 23.6 Å². The summed E-state index contributed by atoms with van der Waals surface area (Å²) in [5.74, 6) is -0.358. The first-order chi connectivity index (χ1) is 22.6. The lowest BCUT2D eigenvalue weighted by Gasteiger charge is -2.27. The molecule has 9 heteroatoms. The number of allylic oxidation sites excluding steroid dienone is 1. The number of amides is 4. The van der Waals surface area contributed by atoms with Crippen molar-refractivity contribution < 1.29 is 19.2 Å². The van der Waals surface area contributed by atoms with E-state index >= 15 is 0 Å². The van der Waals surface area contributed by atoms with Crippen LogP contribution in [0.25, 0.3) is 0 Å². The molecule has 0 radical (unpaired) electrons. The Morgan fingerprint density at radius 2 is 1.53 bits per heavy atom. The van der Waals surface area contributed by atoms with Gasteiger partial charge < -0.3 is 26.6 Å². The Kier molecular flexibility index (Phi) is 15.1. The second kappa shape index (κ2) is 19.0. The van der Waals surface area contributed by atoms with Gasteiger partial charge in [-0.2, -0.15) is 0 Å². The molecule has 0 unspecified atom stereocenters. The van der Waals surface area contributed by atoms with Crippen LogP contribution in [0.4, 0.5) is 0 Å². The highest BCUT2D eigenvalue weighted by molar-refractivity contribution is 6.04. The maximum Gasteiger partial charge on any atom is 0.268 e. The summed E-state index contributed by atoms with van der Waals surface area (Å²) in [5.41, 5.74) is 3.63. The molecule has 0 saturated heterocycles. The van der Waals surface area contributed by atoms with Gasteiger partial charge in [0, 0.05) is 24.7 Å². The highest BCUT2D eigenvalue weighted by Gasteiger charge is 2.28. The van der Waals surface area contributed by atoms with Gasteiger partial charge in [0.1, 0.15) is 11.7 Å². The van der Waals surface area contributed by atoms with Crippen molar-refractivity contribution in [1.82, 2.24) is 26.6 Å². The summed E-state index contributed by atoms with van der Waals surface area (Å²) in [7, 11) is 0. The molecule has 0 heterocycles. The molecule has 1 fully saturated rings. The minimum absolute atomic E-state index is 0.0656. The third kappa shape index (κ3) is 12.3. The number of hydrogen-bond acceptors (Lipinski definition) is 5. The molecule has 1 aliphatic carbocycles. The van der Waals surface area contributed by atoms with Crippen LogP contribution in [0.2, 0.25) is 0 Å². The summed E-state index contributed by atoms with van der Waals surface area (Å²) >= 11 is 0. The van der Waals surface area contributed by atoms with E-state index in [2.05, 4.69) is 40.4 Å². The van der Waals surface area contributed by atoms with E-state index in [-0.39, 0.29) is 35.5 Å². The second-order valence-electron chi connectivity index (χ2n) is 13.0. The van der Waals surface area contributed by atoms with Crippen molar-refractivity contribution in [3.8, 4) is 0 Å². The molecule has 0 aliphatic heterocycles. The fourth-order valence-electron chi connectivity index (χ4n) is 5.57. The van der Waals surface area contributed by atoms with Gasteiger partial charge in [0.2, 0.25) is 11.8 Å². The van der Waals surface area contributed by atoms with Crippen LogP contribution in [0.1, 0.15) is 107 Å². The van der Waals surface area contributed by atoms with E-state index in [1.54, 1.807) is 12.1 Å². The minimum Gasteiger partial charge on any atom is -0.355 e. The van der Waals surface area contributed by atoms with Crippen LogP contribution in [0.5, 0.6) is 0 Å². The van der Waals surface area contributed by atoms with Crippen LogP contribution in [-0.4, -0.2) is 54.8 Å². The van der Waals surface area contributed by atoms with Crippen molar-refractivity contribution in [2.45, 2.75) is 111 Å². The largest absolute Gasteiger partial charge is 0.355 e. The number of benzene rings is 2. The zero-order valence-electron chi connectivity index (χ0n) is 29.1. The zero-order chi connectivity index (χ0) is 34.3. The molecule has 0 bridgehead atoms. The summed E-state index contributed by atoms with van der Waals surface area (Å²) in [5, 5.41) is 15.1. The minimum atomic E-state index is -0.850. The Balaban J connectivity index is 1.78. The van der Waals surface area contributed by atoms with E-state index in [0.717, 1.165) is 5.56 Å². The van der Waals surface area contributed by atoms with Gasteiger partial charge in [0.05, 0.1) is 6.04 Å². The number of rotatable bonds is 19. The van der Waals surface area contributed by atoms with Crippen LogP contribution in [0.15, 0.2) is 65.9 Å². The molecular formula is C38H55N5O4. The Morgan fingerprint density at radius 1 is 0.851 bits per heavy atom. The highest BCUT2D eigenvalue weighted by Crippen LogP contribution is 2.39. The third-order valence-electron chi connectivity index (χ3n) is 8.62. The van der Waals surface area contributed by atoms with Crippen molar-refractivity contribution in [3.63, 3.8) is 0 Å². The van der Waals surface area contributed by atoms with E-state index in [0.29, 0.717) is 68.2 Å². The predicted molar refractivity (Wildman–Crippen MR) is 188 cm³/mol. The Morgan fingerprint density at radius 3 is 2.11 bits per heavy atom. The molecule has 4 amide bonds. The van der Waals surface area contributed by atoms with E-state index < -0.39 is 11.9 Å². The van der Waals surface area contributed by atoms with E-state index in [9.17, 15) is 19.2 Å². The molecule has 1 saturated carbocycles. The van der Waals surface area contributed by atoms with E-state index in [1.165, 1.54) is 18.4 Å². The van der Waals surface area contributed by atoms with Gasteiger partial charge in [-0.3, -0.25) is 19.2 Å². The molecule has 9 nitrogen and oxygen atoms in total. The van der Waals surface area contributed by atoms with Crippen LogP contribution in [0, 0.1) is 5.92 Å². The summed E-state index contributed by atoms with van der Waals surface area (Å²) in [4.78, 5) is 53.5. The molecule has 47 heavy (non-hydrogen) atoms. The van der Waals surface area contributed by atoms with Gasteiger partial charge in [0.15, 0.2) is 0 Å². The van der Waals surface area contributed by atoms with Gasteiger partial charge >= 0.3 is 0 Å². The SMILES string of the molecule is CCNC(=O)[C@H](CC)NC[C@H](CC(C)C)NC(=O)[C@H](CCc1ccccc1)NC(=O)/C(NC(=O)c1ccc(C2CC2)cc1)=C(/C)CC. The number of carbonyl (C=O) groups is 4. The number of nitrogens with one attached hydrogen (secondary N) is 5. The molecule has 5 N–H and O–H groups in total. The Hall–Kier alpha value is -3.98. The molecule has 0 aromatic heterocycles. The van der Waals surface area contributed by atoms with Crippen molar-refractivity contribution in [2.24, 2.45) is 5.92 Å². The summed E-state index contributed by atoms with van der Waals surface area (Å²) < 4.78 is 0. The lowest BCUT2D eigenvalue weighted by Crippen LogP contribution is -2.55. The van der Waals surface area contributed by atoms with Crippen LogP contribution >= 0.6 is 0 Å². The van der Waals surface area contributed by atoms with Crippen molar-refractivity contribution in [2.75, 3.05) is 13.1 Å². The van der Waals surface area contributed by atoms with Crippen molar-refractivity contribution in [3.05, 3.63) is 82.6 Å². The molecular weight excluding hydrogens is 590 g/mol. The molecule has 1 aliphatic rings. The molecule has 2 aromatic rings. The smallest absolute Gasteiger partial charge is 0.268 e. The highest BCUT2D eigenvalue weighted by atomic mass is 16.2. The first-order valence-electron chi connectivity index (χ1n) is 17.3. The van der Waals surface area contributed by atoms with Crippen molar-refractivity contribution in [1.29, 1.82) is 0 Å². The Labute approximate surface area is 281 Å². The van der Waals surface area contributed by atoms with Crippen LogP contribution in [0.3, 0.4) is 0 Å². The predicted octanol–water partition coefficient (Wildman–Crippen LogP) is 5.13. The summed E-state index contributed by atoms with van der Waals surface area (Å²) in [6.07, 6.45) is 5.17. The fourth-order valence-corrected chi connectivity index (χ4v) is 5.57. The van der Waals surface area contributed by atoms with Crippen LogP contribution in [-0.2, 0) is 20.8 Å². The topological polar surface area (TPSA) is 128 Å². The number of carbonyl (C=O) groups excluding carboxylic acids is 4. The number of aryl methyl sites for hydroxylation is 1. The fraction of sp³-hybridized carbons (Fsp3) is 0.526. The first-order valence-corrected chi connectivity index (χ1v) is 17.3. The lowest BCUT2D eigenvalue weighted by atomic mass is 10.0. The van der Waals surface area contributed by atoms with Gasteiger partial charge in [-0.25, -0.2) is 0 Å². The van der Waals surface area contributed by atoms with Gasteiger partial charge in [-0.05, 0) is 99.5 Å². The standard InChI is InChI=1S/C38H55N5O4/c1-7-26(6)34(43-35(44)30-20-18-29(19-21-30)28-16-17-28)38(47)42-33(22-15-27-13-11-10-12-14-27)37(46)41-31(23-25(4)5)24-40-32(8-2)36(45)39-9-3/h10-14,18-21,25,28,31-33,40H,7-9,15-17,22-24H2,1-6H3,(H,39,45)(H,41,46)(H,42,47)(H,43,44)/b34-26+/t31-,32-,33-/m0/s1. The number of likely N-dealkylation sites (N-methyl/N-ethyl adjacent to an activating group) is 1. The Bertz CT molecular complexity index is 1350. The van der Waals surface area contributed by atoms with Gasteiger partial charge in [-0.1, -0.05) is 70.2 Å². The van der Waals surface area contributed by atoms with E-state index in [1.807, 2.05) is 70.2 Å². The van der Waals surface area contributed by atoms with Gasteiger partial charge in [0.25, 0.3) is 11.8 Å². The zero-order valence-corrected chi connectivity index (χ0v) is 29.1. The average molecular weight is 646 g/mol. The quantitative estimate of drug-likeness (QED) is 0.135. The monoisotopic (exact) mass is 645 g/mol.